The van der Waals surface area contributed by atoms with Crippen molar-refractivity contribution in [3.8, 4) is 0 Å². The van der Waals surface area contributed by atoms with Crippen LogP contribution in [0, 0.1) is 5.92 Å². The third kappa shape index (κ3) is 2.92. The van der Waals surface area contributed by atoms with Crippen LogP contribution >= 0.6 is 0 Å². The molecule has 0 bridgehead atoms. The quantitative estimate of drug-likeness (QED) is 0.714. The van der Waals surface area contributed by atoms with E-state index in [-0.39, 0.29) is 11.7 Å². The molecule has 14 heavy (non-hydrogen) atoms. The van der Waals surface area contributed by atoms with E-state index in [2.05, 4.69) is 10.3 Å². The van der Waals surface area contributed by atoms with Gasteiger partial charge in [-0.15, -0.1) is 5.10 Å². The van der Waals surface area contributed by atoms with Crippen molar-refractivity contribution in [3.63, 3.8) is 0 Å². The molecule has 1 rings (SSSR count). The van der Waals surface area contributed by atoms with E-state index in [4.69, 9.17) is 5.73 Å². The Morgan fingerprint density at radius 2 is 2.43 bits per heavy atom. The second-order valence-corrected chi connectivity index (χ2v) is 3.51. The molecule has 1 atom stereocenters. The molecule has 0 aliphatic rings. The molecule has 0 aliphatic heterocycles. The van der Waals surface area contributed by atoms with E-state index in [9.17, 15) is 4.79 Å². The van der Waals surface area contributed by atoms with E-state index in [1.165, 1.54) is 0 Å². The Balaban J connectivity index is 2.48. The van der Waals surface area contributed by atoms with Gasteiger partial charge in [-0.2, -0.15) is 0 Å². The molecule has 2 N–H and O–H groups in total. The highest BCUT2D eigenvalue weighted by atomic mass is 16.1. The molecule has 1 heterocycles. The summed E-state index contributed by atoms with van der Waals surface area (Å²) < 4.78 is 1.59. The zero-order valence-corrected chi connectivity index (χ0v) is 8.60. The molecule has 0 saturated carbocycles. The number of aryl methyl sites for hydroxylation is 1. The standard InChI is InChI=1S/C9H16N4O/c1-7(3-4-10)9(14)5-8-6-13(2)12-11-8/h6-7H,3-5,10H2,1-2H3. The van der Waals surface area contributed by atoms with E-state index in [1.54, 1.807) is 17.9 Å². The summed E-state index contributed by atoms with van der Waals surface area (Å²) in [6.45, 7) is 2.44. The van der Waals surface area contributed by atoms with Gasteiger partial charge in [-0.3, -0.25) is 9.48 Å². The van der Waals surface area contributed by atoms with Gasteiger partial charge in [-0.1, -0.05) is 12.1 Å². The summed E-state index contributed by atoms with van der Waals surface area (Å²) in [5.74, 6) is 0.193. The Labute approximate surface area is 83.3 Å². The summed E-state index contributed by atoms with van der Waals surface area (Å²) in [7, 11) is 1.78. The van der Waals surface area contributed by atoms with Gasteiger partial charge < -0.3 is 5.73 Å². The SMILES string of the molecule is CC(CCN)C(=O)Cc1cn(C)nn1. The molecule has 1 unspecified atom stereocenters. The Bertz CT molecular complexity index is 308. The van der Waals surface area contributed by atoms with E-state index >= 15 is 0 Å². The fourth-order valence-corrected chi connectivity index (χ4v) is 1.24. The lowest BCUT2D eigenvalue weighted by Gasteiger charge is -2.06. The summed E-state index contributed by atoms with van der Waals surface area (Å²) in [5.41, 5.74) is 6.10. The number of rotatable bonds is 5. The molecule has 78 valence electrons. The average molecular weight is 196 g/mol. The fourth-order valence-electron chi connectivity index (χ4n) is 1.24. The minimum absolute atomic E-state index is 0.0157. The zero-order valence-electron chi connectivity index (χ0n) is 8.60. The Morgan fingerprint density at radius 1 is 1.71 bits per heavy atom. The number of hydrogen-bond donors (Lipinski definition) is 1. The summed E-state index contributed by atoms with van der Waals surface area (Å²) in [6, 6.07) is 0. The molecular weight excluding hydrogens is 180 g/mol. The van der Waals surface area contributed by atoms with Gasteiger partial charge in [0.2, 0.25) is 0 Å². The van der Waals surface area contributed by atoms with Crippen LogP contribution in [-0.2, 0) is 18.3 Å². The first kappa shape index (κ1) is 10.8. The third-order valence-electron chi connectivity index (χ3n) is 2.15. The van der Waals surface area contributed by atoms with Crippen LogP contribution < -0.4 is 5.73 Å². The minimum atomic E-state index is 0.0157. The topological polar surface area (TPSA) is 73.8 Å². The lowest BCUT2D eigenvalue weighted by atomic mass is 9.99. The van der Waals surface area contributed by atoms with E-state index in [1.807, 2.05) is 6.92 Å². The van der Waals surface area contributed by atoms with Crippen LogP contribution in [0.5, 0.6) is 0 Å². The number of carbonyl (C=O) groups excluding carboxylic acids is 1. The molecule has 0 amide bonds. The maximum Gasteiger partial charge on any atom is 0.141 e. The van der Waals surface area contributed by atoms with Crippen molar-refractivity contribution in [2.45, 2.75) is 19.8 Å². The third-order valence-corrected chi connectivity index (χ3v) is 2.15. The average Bonchev–Trinajstić information content (AvgIpc) is 2.51. The molecule has 0 spiro atoms. The Kier molecular flexibility index (Phi) is 3.76. The lowest BCUT2D eigenvalue weighted by Crippen LogP contribution is -2.17. The molecule has 1 aromatic heterocycles. The number of aromatic nitrogens is 3. The maximum absolute atomic E-state index is 11.6. The van der Waals surface area contributed by atoms with Crippen LogP contribution in [0.2, 0.25) is 0 Å². The zero-order chi connectivity index (χ0) is 10.6. The van der Waals surface area contributed by atoms with Crippen LogP contribution in [0.3, 0.4) is 0 Å². The van der Waals surface area contributed by atoms with Gasteiger partial charge in [0.05, 0.1) is 12.1 Å². The maximum atomic E-state index is 11.6. The smallest absolute Gasteiger partial charge is 0.141 e. The van der Waals surface area contributed by atoms with Crippen molar-refractivity contribution in [2.75, 3.05) is 6.54 Å². The second kappa shape index (κ2) is 4.85. The summed E-state index contributed by atoms with van der Waals surface area (Å²) >= 11 is 0. The lowest BCUT2D eigenvalue weighted by molar-refractivity contribution is -0.121. The van der Waals surface area contributed by atoms with Crippen molar-refractivity contribution in [3.05, 3.63) is 11.9 Å². The van der Waals surface area contributed by atoms with Crippen LogP contribution in [0.15, 0.2) is 6.20 Å². The van der Waals surface area contributed by atoms with Gasteiger partial charge in [0.15, 0.2) is 0 Å². The summed E-state index contributed by atoms with van der Waals surface area (Å²) in [6.07, 6.45) is 2.85. The van der Waals surface area contributed by atoms with E-state index in [0.29, 0.717) is 13.0 Å². The molecule has 5 heteroatoms. The monoisotopic (exact) mass is 196 g/mol. The first-order valence-corrected chi connectivity index (χ1v) is 4.71. The molecule has 0 fully saturated rings. The Hall–Kier alpha value is -1.23. The summed E-state index contributed by atoms with van der Waals surface area (Å²) in [4.78, 5) is 11.6. The van der Waals surface area contributed by atoms with Gasteiger partial charge in [-0.25, -0.2) is 0 Å². The van der Waals surface area contributed by atoms with Gasteiger partial charge in [-0.05, 0) is 13.0 Å². The highest BCUT2D eigenvalue weighted by Crippen LogP contribution is 2.06. The van der Waals surface area contributed by atoms with Gasteiger partial charge in [0.25, 0.3) is 0 Å². The van der Waals surface area contributed by atoms with Gasteiger partial charge in [0, 0.05) is 19.2 Å². The van der Waals surface area contributed by atoms with Crippen molar-refractivity contribution in [1.29, 1.82) is 0 Å². The molecule has 0 saturated heterocycles. The van der Waals surface area contributed by atoms with E-state index in [0.717, 1.165) is 12.1 Å². The highest BCUT2D eigenvalue weighted by molar-refractivity contribution is 5.82. The largest absolute Gasteiger partial charge is 0.330 e. The number of nitrogens with two attached hydrogens (primary N) is 1. The van der Waals surface area contributed by atoms with Crippen molar-refractivity contribution in [2.24, 2.45) is 18.7 Å². The molecular formula is C9H16N4O. The number of hydrogen-bond acceptors (Lipinski definition) is 4. The Morgan fingerprint density at radius 3 is 2.93 bits per heavy atom. The summed E-state index contributed by atoms with van der Waals surface area (Å²) in [5, 5.41) is 7.62. The number of ketones is 1. The molecule has 0 radical (unpaired) electrons. The van der Waals surface area contributed by atoms with Crippen molar-refractivity contribution in [1.82, 2.24) is 15.0 Å². The minimum Gasteiger partial charge on any atom is -0.330 e. The van der Waals surface area contributed by atoms with Crippen LogP contribution in [-0.4, -0.2) is 27.3 Å². The van der Waals surface area contributed by atoms with Crippen molar-refractivity contribution < 1.29 is 4.79 Å². The second-order valence-electron chi connectivity index (χ2n) is 3.51. The van der Waals surface area contributed by atoms with Crippen LogP contribution in [0.4, 0.5) is 0 Å². The predicted octanol–water partition coefficient (Wildman–Crippen LogP) is -0.0884. The van der Waals surface area contributed by atoms with Crippen molar-refractivity contribution >= 4 is 5.78 Å². The number of carbonyl (C=O) groups is 1. The van der Waals surface area contributed by atoms with E-state index < -0.39 is 0 Å². The predicted molar refractivity (Wildman–Crippen MR) is 52.5 cm³/mol. The number of Topliss-reactive ketones (excluding diaryl/α,β-unsaturated/α-hetero) is 1. The highest BCUT2D eigenvalue weighted by Gasteiger charge is 2.13. The molecule has 5 nitrogen and oxygen atoms in total. The molecule has 0 aromatic carbocycles. The first-order valence-electron chi connectivity index (χ1n) is 4.71. The molecule has 0 aliphatic carbocycles. The van der Waals surface area contributed by atoms with Gasteiger partial charge >= 0.3 is 0 Å². The molecule has 1 aromatic rings. The van der Waals surface area contributed by atoms with Gasteiger partial charge in [0.1, 0.15) is 5.78 Å². The number of nitrogens with zero attached hydrogens (tertiary/aromatic N) is 3. The van der Waals surface area contributed by atoms with Crippen LogP contribution in [0.25, 0.3) is 0 Å². The fraction of sp³-hybridized carbons (Fsp3) is 0.667. The first-order chi connectivity index (χ1) is 6.63. The van der Waals surface area contributed by atoms with Crippen LogP contribution in [0.1, 0.15) is 19.0 Å². The normalized spacial score (nSPS) is 12.8.